The summed E-state index contributed by atoms with van der Waals surface area (Å²) in [6.45, 7) is 3.76. The molecule has 1 amide bonds. The first-order chi connectivity index (χ1) is 13.2. The SMILES string of the molecule is CCOC(=O)N[C@H]1CCCN(c2ccc3nnc(-c4ccccc4)n3n2)C1. The predicted molar refractivity (Wildman–Crippen MR) is 102 cm³/mol. The van der Waals surface area contributed by atoms with Gasteiger partial charge in [-0.15, -0.1) is 15.3 Å². The predicted octanol–water partition coefficient (Wildman–Crippen LogP) is 2.51. The minimum atomic E-state index is -0.363. The minimum Gasteiger partial charge on any atom is -0.450 e. The third-order valence-corrected chi connectivity index (χ3v) is 4.62. The average Bonchev–Trinajstić information content (AvgIpc) is 3.12. The number of fused-ring (bicyclic) bond motifs is 1. The highest BCUT2D eigenvalue weighted by molar-refractivity contribution is 5.67. The van der Waals surface area contributed by atoms with Crippen LogP contribution in [0.1, 0.15) is 19.8 Å². The monoisotopic (exact) mass is 366 g/mol. The Bertz CT molecular complexity index is 926. The van der Waals surface area contributed by atoms with Crippen LogP contribution in [0.4, 0.5) is 10.6 Å². The number of aromatic nitrogens is 4. The van der Waals surface area contributed by atoms with Crippen molar-refractivity contribution in [1.29, 1.82) is 0 Å². The van der Waals surface area contributed by atoms with Gasteiger partial charge >= 0.3 is 6.09 Å². The van der Waals surface area contributed by atoms with Crippen LogP contribution in [-0.2, 0) is 4.74 Å². The van der Waals surface area contributed by atoms with E-state index < -0.39 is 0 Å². The van der Waals surface area contributed by atoms with Crippen LogP contribution in [0.2, 0.25) is 0 Å². The van der Waals surface area contributed by atoms with E-state index in [9.17, 15) is 4.79 Å². The fourth-order valence-electron chi connectivity index (χ4n) is 3.36. The number of ether oxygens (including phenoxy) is 1. The molecule has 140 valence electrons. The van der Waals surface area contributed by atoms with E-state index in [1.54, 1.807) is 11.4 Å². The molecule has 0 bridgehead atoms. The standard InChI is InChI=1S/C19H22N6O2/c1-2-27-19(26)20-15-9-6-12-24(13-15)17-11-10-16-21-22-18(25(16)23-17)14-7-4-3-5-8-14/h3-5,7-8,10-11,15H,2,6,9,12-13H2,1H3,(H,20,26)/t15-/m0/s1. The van der Waals surface area contributed by atoms with Crippen LogP contribution in [0.15, 0.2) is 42.5 Å². The van der Waals surface area contributed by atoms with Crippen molar-refractivity contribution < 1.29 is 9.53 Å². The molecule has 8 nitrogen and oxygen atoms in total. The van der Waals surface area contributed by atoms with E-state index in [1.807, 2.05) is 42.5 Å². The Balaban J connectivity index is 1.57. The molecule has 1 atom stereocenters. The van der Waals surface area contributed by atoms with Crippen LogP contribution < -0.4 is 10.2 Å². The molecule has 0 radical (unpaired) electrons. The van der Waals surface area contributed by atoms with Gasteiger partial charge in [0.25, 0.3) is 0 Å². The van der Waals surface area contributed by atoms with Gasteiger partial charge in [-0.2, -0.15) is 4.52 Å². The summed E-state index contributed by atoms with van der Waals surface area (Å²) in [5, 5.41) is 16.2. The number of nitrogens with zero attached hydrogens (tertiary/aromatic N) is 5. The van der Waals surface area contributed by atoms with E-state index in [1.165, 1.54) is 0 Å². The fourth-order valence-corrected chi connectivity index (χ4v) is 3.36. The van der Waals surface area contributed by atoms with Gasteiger partial charge in [0, 0.05) is 24.7 Å². The Morgan fingerprint density at radius 3 is 2.89 bits per heavy atom. The van der Waals surface area contributed by atoms with Gasteiger partial charge in [-0.05, 0) is 31.9 Å². The Morgan fingerprint density at radius 2 is 2.07 bits per heavy atom. The summed E-state index contributed by atoms with van der Waals surface area (Å²) in [5.74, 6) is 1.56. The molecule has 1 saturated heterocycles. The Labute approximate surface area is 157 Å². The number of carbonyl (C=O) groups excluding carboxylic acids is 1. The number of rotatable bonds is 4. The molecular formula is C19H22N6O2. The molecule has 0 saturated carbocycles. The molecule has 1 aliphatic heterocycles. The van der Waals surface area contributed by atoms with E-state index in [4.69, 9.17) is 9.84 Å². The quantitative estimate of drug-likeness (QED) is 0.764. The van der Waals surface area contributed by atoms with Crippen LogP contribution in [0.3, 0.4) is 0 Å². The summed E-state index contributed by atoms with van der Waals surface area (Å²) in [6.07, 6.45) is 1.54. The third kappa shape index (κ3) is 3.69. The van der Waals surface area contributed by atoms with Crippen molar-refractivity contribution in [1.82, 2.24) is 25.1 Å². The van der Waals surface area contributed by atoms with Crippen LogP contribution in [0, 0.1) is 0 Å². The lowest BCUT2D eigenvalue weighted by atomic mass is 10.1. The number of piperidine rings is 1. The van der Waals surface area contributed by atoms with Gasteiger partial charge in [-0.1, -0.05) is 30.3 Å². The highest BCUT2D eigenvalue weighted by Crippen LogP contribution is 2.21. The van der Waals surface area contributed by atoms with E-state index in [2.05, 4.69) is 20.4 Å². The van der Waals surface area contributed by atoms with Crippen molar-refractivity contribution in [2.45, 2.75) is 25.8 Å². The van der Waals surface area contributed by atoms with Gasteiger partial charge in [0.05, 0.1) is 6.61 Å². The van der Waals surface area contributed by atoms with Gasteiger partial charge in [-0.3, -0.25) is 0 Å². The zero-order chi connectivity index (χ0) is 18.6. The normalized spacial score (nSPS) is 17.1. The Hall–Kier alpha value is -3.16. The molecule has 4 rings (SSSR count). The maximum absolute atomic E-state index is 11.7. The molecule has 1 aliphatic rings. The molecule has 8 heteroatoms. The molecule has 0 spiro atoms. The lowest BCUT2D eigenvalue weighted by Crippen LogP contribution is -2.48. The van der Waals surface area contributed by atoms with Crippen molar-refractivity contribution >= 4 is 17.6 Å². The lowest BCUT2D eigenvalue weighted by Gasteiger charge is -2.33. The highest BCUT2D eigenvalue weighted by Gasteiger charge is 2.23. The van der Waals surface area contributed by atoms with Crippen molar-refractivity contribution in [3.8, 4) is 11.4 Å². The molecule has 2 aromatic heterocycles. The smallest absolute Gasteiger partial charge is 0.407 e. The number of carbonyl (C=O) groups is 1. The van der Waals surface area contributed by atoms with Crippen LogP contribution in [0.25, 0.3) is 17.0 Å². The number of nitrogens with one attached hydrogen (secondary N) is 1. The van der Waals surface area contributed by atoms with Gasteiger partial charge in [0.15, 0.2) is 11.5 Å². The second kappa shape index (κ2) is 7.61. The molecular weight excluding hydrogens is 344 g/mol. The molecule has 1 N–H and O–H groups in total. The first-order valence-electron chi connectivity index (χ1n) is 9.20. The number of hydrogen-bond donors (Lipinski definition) is 1. The zero-order valence-electron chi connectivity index (χ0n) is 15.2. The lowest BCUT2D eigenvalue weighted by molar-refractivity contribution is 0.146. The molecule has 3 aromatic rings. The number of anilines is 1. The van der Waals surface area contributed by atoms with Gasteiger partial charge in [0.1, 0.15) is 5.82 Å². The number of benzene rings is 1. The average molecular weight is 366 g/mol. The first kappa shape index (κ1) is 17.3. The number of amides is 1. The van der Waals surface area contributed by atoms with Gasteiger partial charge in [-0.25, -0.2) is 4.79 Å². The maximum Gasteiger partial charge on any atom is 0.407 e. The van der Waals surface area contributed by atoms with E-state index in [-0.39, 0.29) is 12.1 Å². The maximum atomic E-state index is 11.7. The summed E-state index contributed by atoms with van der Waals surface area (Å²) in [4.78, 5) is 13.9. The first-order valence-corrected chi connectivity index (χ1v) is 9.20. The molecule has 0 aliphatic carbocycles. The zero-order valence-corrected chi connectivity index (χ0v) is 15.2. The summed E-state index contributed by atoms with van der Waals surface area (Å²) in [6, 6.07) is 13.8. The molecule has 3 heterocycles. The topological polar surface area (TPSA) is 84.6 Å². The van der Waals surface area contributed by atoms with E-state index in [0.717, 1.165) is 30.8 Å². The molecule has 0 unspecified atom stereocenters. The summed E-state index contributed by atoms with van der Waals surface area (Å²) in [7, 11) is 0. The summed E-state index contributed by atoms with van der Waals surface area (Å²) < 4.78 is 6.76. The van der Waals surface area contributed by atoms with E-state index >= 15 is 0 Å². The van der Waals surface area contributed by atoms with Crippen molar-refractivity contribution in [3.05, 3.63) is 42.5 Å². The molecule has 1 aromatic carbocycles. The Morgan fingerprint density at radius 1 is 1.22 bits per heavy atom. The number of alkyl carbamates (subject to hydrolysis) is 1. The van der Waals surface area contributed by atoms with Crippen molar-refractivity contribution in [2.24, 2.45) is 0 Å². The highest BCUT2D eigenvalue weighted by atomic mass is 16.5. The Kier molecular flexibility index (Phi) is 4.86. The van der Waals surface area contributed by atoms with Crippen LogP contribution in [0.5, 0.6) is 0 Å². The third-order valence-electron chi connectivity index (χ3n) is 4.62. The van der Waals surface area contributed by atoms with Gasteiger partial charge < -0.3 is 15.0 Å². The number of hydrogen-bond acceptors (Lipinski definition) is 6. The van der Waals surface area contributed by atoms with Gasteiger partial charge in [0.2, 0.25) is 0 Å². The van der Waals surface area contributed by atoms with Crippen LogP contribution >= 0.6 is 0 Å². The molecule has 1 fully saturated rings. The summed E-state index contributed by atoms with van der Waals surface area (Å²) in [5.41, 5.74) is 1.67. The summed E-state index contributed by atoms with van der Waals surface area (Å²) >= 11 is 0. The largest absolute Gasteiger partial charge is 0.450 e. The van der Waals surface area contributed by atoms with Crippen LogP contribution in [-0.4, -0.2) is 51.6 Å². The second-order valence-corrected chi connectivity index (χ2v) is 6.50. The minimum absolute atomic E-state index is 0.0461. The van der Waals surface area contributed by atoms with Crippen molar-refractivity contribution in [2.75, 3.05) is 24.6 Å². The second-order valence-electron chi connectivity index (χ2n) is 6.50. The molecule has 27 heavy (non-hydrogen) atoms. The van der Waals surface area contributed by atoms with E-state index in [0.29, 0.717) is 24.6 Å². The van der Waals surface area contributed by atoms with Crippen molar-refractivity contribution in [3.63, 3.8) is 0 Å². The fraction of sp³-hybridized carbons (Fsp3) is 0.368.